The smallest absolute Gasteiger partial charge is 0.264 e. The second kappa shape index (κ2) is 15.2. The summed E-state index contributed by atoms with van der Waals surface area (Å²) in [6.07, 6.45) is 0.200. The van der Waals surface area contributed by atoms with Crippen LogP contribution in [0.3, 0.4) is 0 Å². The lowest BCUT2D eigenvalue weighted by molar-refractivity contribution is -0.140. The summed E-state index contributed by atoms with van der Waals surface area (Å²) in [4.78, 5) is 29.6. The number of hydrogen-bond donors (Lipinski definition) is 1. The van der Waals surface area contributed by atoms with Crippen molar-refractivity contribution in [3.63, 3.8) is 0 Å². The molecule has 230 valence electrons. The van der Waals surface area contributed by atoms with Gasteiger partial charge in [0.15, 0.2) is 0 Å². The van der Waals surface area contributed by atoms with Crippen LogP contribution >= 0.6 is 45.8 Å². The second-order valence-electron chi connectivity index (χ2n) is 10.4. The largest absolute Gasteiger partial charge is 0.352 e. The van der Waals surface area contributed by atoms with E-state index in [9.17, 15) is 18.0 Å². The number of benzene rings is 4. The standard InChI is InChI=1S/C33H32Cl2IN3O4S/c1-23(2)37-33(41)31(19-24-9-5-3-6-10-24)38(21-25-13-14-26(34)20-30(25)35)32(40)22-39(28-17-15-27(36)16-18-28)44(42,43)29-11-7-4-8-12-29/h3-18,20,23,31H,19,21-22H2,1-2H3,(H,37,41)/t31-/m1/s1. The SMILES string of the molecule is CC(C)NC(=O)[C@@H](Cc1ccccc1)N(Cc1ccc(Cl)cc1Cl)C(=O)CN(c1ccc(I)cc1)S(=O)(=O)c1ccccc1. The highest BCUT2D eigenvalue weighted by atomic mass is 127. The molecule has 44 heavy (non-hydrogen) atoms. The lowest BCUT2D eigenvalue weighted by atomic mass is 10.0. The van der Waals surface area contributed by atoms with E-state index in [1.165, 1.54) is 17.0 Å². The first-order valence-electron chi connectivity index (χ1n) is 13.9. The van der Waals surface area contributed by atoms with Crippen molar-refractivity contribution in [2.45, 2.75) is 43.8 Å². The Balaban J connectivity index is 1.81. The van der Waals surface area contributed by atoms with Gasteiger partial charge in [-0.15, -0.1) is 0 Å². The van der Waals surface area contributed by atoms with Gasteiger partial charge in [-0.2, -0.15) is 0 Å². The number of halogens is 3. The predicted octanol–water partition coefficient (Wildman–Crippen LogP) is 6.96. The van der Waals surface area contributed by atoms with Gasteiger partial charge in [0, 0.05) is 32.6 Å². The van der Waals surface area contributed by atoms with E-state index >= 15 is 0 Å². The van der Waals surface area contributed by atoms with Gasteiger partial charge >= 0.3 is 0 Å². The molecule has 0 fully saturated rings. The van der Waals surface area contributed by atoms with Gasteiger partial charge < -0.3 is 10.2 Å². The molecule has 0 spiro atoms. The Morgan fingerprint density at radius 2 is 1.48 bits per heavy atom. The topological polar surface area (TPSA) is 86.8 Å². The molecular weight excluding hydrogens is 732 g/mol. The monoisotopic (exact) mass is 763 g/mol. The van der Waals surface area contributed by atoms with E-state index in [-0.39, 0.29) is 29.8 Å². The number of amides is 2. The maximum atomic E-state index is 14.4. The number of hydrogen-bond acceptors (Lipinski definition) is 4. The summed E-state index contributed by atoms with van der Waals surface area (Å²) < 4.78 is 30.0. The number of carbonyl (C=O) groups is 2. The molecule has 0 heterocycles. The van der Waals surface area contributed by atoms with Gasteiger partial charge in [-0.05, 0) is 96.1 Å². The Kier molecular flexibility index (Phi) is 11.7. The van der Waals surface area contributed by atoms with Crippen molar-refractivity contribution >= 4 is 73.3 Å². The van der Waals surface area contributed by atoms with Crippen LogP contribution in [0.15, 0.2) is 108 Å². The molecular formula is C33H32Cl2IN3O4S. The predicted molar refractivity (Wildman–Crippen MR) is 184 cm³/mol. The van der Waals surface area contributed by atoms with Gasteiger partial charge in [-0.1, -0.05) is 77.8 Å². The third kappa shape index (κ3) is 8.74. The van der Waals surface area contributed by atoms with Crippen molar-refractivity contribution in [1.29, 1.82) is 0 Å². The van der Waals surface area contributed by atoms with Crippen molar-refractivity contribution in [1.82, 2.24) is 10.2 Å². The van der Waals surface area contributed by atoms with Gasteiger partial charge in [0.1, 0.15) is 12.6 Å². The minimum Gasteiger partial charge on any atom is -0.352 e. The minimum absolute atomic E-state index is 0.0389. The summed E-state index contributed by atoms with van der Waals surface area (Å²) in [5.41, 5.74) is 1.72. The molecule has 0 bridgehead atoms. The Bertz CT molecular complexity index is 1690. The van der Waals surface area contributed by atoms with E-state index in [2.05, 4.69) is 27.9 Å². The first kappa shape index (κ1) is 33.8. The van der Waals surface area contributed by atoms with Gasteiger partial charge in [0.2, 0.25) is 11.8 Å². The number of anilines is 1. The number of carbonyl (C=O) groups excluding carboxylic acids is 2. The summed E-state index contributed by atoms with van der Waals surface area (Å²) in [5.74, 6) is -0.942. The summed E-state index contributed by atoms with van der Waals surface area (Å²) >= 11 is 14.8. The van der Waals surface area contributed by atoms with Crippen LogP contribution in [0.4, 0.5) is 5.69 Å². The molecule has 0 aromatic heterocycles. The molecule has 0 saturated heterocycles. The molecule has 0 saturated carbocycles. The van der Waals surface area contributed by atoms with E-state index in [4.69, 9.17) is 23.2 Å². The molecule has 0 aliphatic heterocycles. The van der Waals surface area contributed by atoms with Crippen molar-refractivity contribution in [3.05, 3.63) is 128 Å². The van der Waals surface area contributed by atoms with Crippen molar-refractivity contribution in [2.24, 2.45) is 0 Å². The van der Waals surface area contributed by atoms with E-state index in [0.29, 0.717) is 21.3 Å². The van der Waals surface area contributed by atoms with Crippen LogP contribution in [0.1, 0.15) is 25.0 Å². The van der Waals surface area contributed by atoms with E-state index in [1.54, 1.807) is 60.7 Å². The molecule has 0 aliphatic carbocycles. The van der Waals surface area contributed by atoms with Crippen LogP contribution in [0.25, 0.3) is 0 Å². The average molecular weight is 765 g/mol. The van der Waals surface area contributed by atoms with Crippen LogP contribution < -0.4 is 9.62 Å². The molecule has 4 aromatic rings. The second-order valence-corrected chi connectivity index (χ2v) is 14.4. The third-order valence-corrected chi connectivity index (χ3v) is 9.88. The Hall–Kier alpha value is -3.12. The van der Waals surface area contributed by atoms with Crippen molar-refractivity contribution in [3.8, 4) is 0 Å². The highest BCUT2D eigenvalue weighted by Crippen LogP contribution is 2.27. The van der Waals surface area contributed by atoms with Gasteiger partial charge in [0.25, 0.3) is 10.0 Å². The molecule has 0 unspecified atom stereocenters. The molecule has 1 N–H and O–H groups in total. The number of nitrogens with zero attached hydrogens (tertiary/aromatic N) is 2. The molecule has 11 heteroatoms. The van der Waals surface area contributed by atoms with Crippen LogP contribution in [0.5, 0.6) is 0 Å². The average Bonchev–Trinajstić information content (AvgIpc) is 2.99. The van der Waals surface area contributed by atoms with Gasteiger partial charge in [-0.3, -0.25) is 13.9 Å². The van der Waals surface area contributed by atoms with Gasteiger partial charge in [0.05, 0.1) is 10.6 Å². The normalized spacial score (nSPS) is 12.0. The highest BCUT2D eigenvalue weighted by molar-refractivity contribution is 14.1. The summed E-state index contributed by atoms with van der Waals surface area (Å²) in [6.45, 7) is 3.07. The van der Waals surface area contributed by atoms with E-state index < -0.39 is 28.5 Å². The molecule has 0 aliphatic rings. The Morgan fingerprint density at radius 1 is 0.864 bits per heavy atom. The Morgan fingerprint density at radius 3 is 2.07 bits per heavy atom. The van der Waals surface area contributed by atoms with Crippen LogP contribution in [-0.4, -0.2) is 43.8 Å². The minimum atomic E-state index is -4.17. The summed E-state index contributed by atoms with van der Waals surface area (Å²) in [5, 5.41) is 3.68. The molecule has 1 atom stereocenters. The first-order valence-corrected chi connectivity index (χ1v) is 17.1. The van der Waals surface area contributed by atoms with Gasteiger partial charge in [-0.25, -0.2) is 8.42 Å². The zero-order valence-corrected chi connectivity index (χ0v) is 28.6. The molecule has 7 nitrogen and oxygen atoms in total. The fraction of sp³-hybridized carbons (Fsp3) is 0.212. The number of sulfonamides is 1. The van der Waals surface area contributed by atoms with Crippen LogP contribution in [0, 0.1) is 3.57 Å². The first-order chi connectivity index (χ1) is 21.0. The van der Waals surface area contributed by atoms with Crippen LogP contribution in [0.2, 0.25) is 10.0 Å². The maximum Gasteiger partial charge on any atom is 0.264 e. The van der Waals surface area contributed by atoms with Crippen LogP contribution in [-0.2, 0) is 32.6 Å². The van der Waals surface area contributed by atoms with Crippen molar-refractivity contribution < 1.29 is 18.0 Å². The summed E-state index contributed by atoms with van der Waals surface area (Å²) in [7, 11) is -4.17. The highest BCUT2D eigenvalue weighted by Gasteiger charge is 2.35. The maximum absolute atomic E-state index is 14.4. The van der Waals surface area contributed by atoms with E-state index in [1.807, 2.05) is 44.2 Å². The zero-order chi connectivity index (χ0) is 31.9. The molecule has 2 amide bonds. The quantitative estimate of drug-likeness (QED) is 0.158. The van der Waals surface area contributed by atoms with Crippen molar-refractivity contribution in [2.75, 3.05) is 10.8 Å². The lowest BCUT2D eigenvalue weighted by Crippen LogP contribution is -2.54. The number of nitrogens with one attached hydrogen (secondary N) is 1. The fourth-order valence-electron chi connectivity index (χ4n) is 4.62. The molecule has 4 rings (SSSR count). The number of rotatable bonds is 12. The molecule has 4 aromatic carbocycles. The fourth-order valence-corrected chi connectivity index (χ4v) is 6.89. The molecule has 0 radical (unpaired) electrons. The third-order valence-electron chi connectivity index (χ3n) is 6.78. The van der Waals surface area contributed by atoms with E-state index in [0.717, 1.165) is 13.4 Å². The summed E-state index contributed by atoms with van der Waals surface area (Å²) in [6, 6.07) is 27.9. The zero-order valence-electron chi connectivity index (χ0n) is 24.2. The lowest BCUT2D eigenvalue weighted by Gasteiger charge is -2.34. The Labute approximate surface area is 282 Å².